The standard InChI is InChI=1S/C21H20ClN3O3S2/c1-15-10-11-17(22)13-19(15)25(30(27,28)18-7-4-3-5-8-18)14-21(26)24-23-16(2)20-9-6-12-29-20/h3-13H,14H2,1-2H3,(H,24,26)/b23-16-. The summed E-state index contributed by atoms with van der Waals surface area (Å²) in [6.45, 7) is 3.08. The van der Waals surface area contributed by atoms with Crippen molar-refractivity contribution in [3.05, 3.63) is 81.5 Å². The number of carbonyl (C=O) groups excluding carboxylic acids is 1. The molecule has 30 heavy (non-hydrogen) atoms. The molecule has 0 spiro atoms. The van der Waals surface area contributed by atoms with Crippen LogP contribution in [-0.2, 0) is 14.8 Å². The van der Waals surface area contributed by atoms with Crippen LogP contribution in [0.3, 0.4) is 0 Å². The van der Waals surface area contributed by atoms with Crippen molar-refractivity contribution >= 4 is 50.3 Å². The number of amides is 1. The first-order valence-electron chi connectivity index (χ1n) is 9.00. The van der Waals surface area contributed by atoms with Crippen molar-refractivity contribution in [2.75, 3.05) is 10.8 Å². The van der Waals surface area contributed by atoms with Gasteiger partial charge in [-0.05, 0) is 55.1 Å². The largest absolute Gasteiger partial charge is 0.271 e. The molecule has 1 aromatic heterocycles. The minimum atomic E-state index is -4.00. The maximum atomic E-state index is 13.3. The Morgan fingerprint density at radius 1 is 1.13 bits per heavy atom. The van der Waals surface area contributed by atoms with E-state index >= 15 is 0 Å². The molecule has 156 valence electrons. The number of sulfonamides is 1. The van der Waals surface area contributed by atoms with Crippen LogP contribution >= 0.6 is 22.9 Å². The van der Waals surface area contributed by atoms with E-state index in [4.69, 9.17) is 11.6 Å². The monoisotopic (exact) mass is 461 g/mol. The molecule has 6 nitrogen and oxygen atoms in total. The van der Waals surface area contributed by atoms with E-state index in [1.165, 1.54) is 29.5 Å². The lowest BCUT2D eigenvalue weighted by Crippen LogP contribution is -2.40. The van der Waals surface area contributed by atoms with Crippen molar-refractivity contribution < 1.29 is 13.2 Å². The molecule has 1 N–H and O–H groups in total. The van der Waals surface area contributed by atoms with Gasteiger partial charge in [-0.15, -0.1) is 11.3 Å². The number of aryl methyl sites for hydroxylation is 1. The first kappa shape index (κ1) is 22.0. The van der Waals surface area contributed by atoms with E-state index in [0.29, 0.717) is 22.0 Å². The highest BCUT2D eigenvalue weighted by Gasteiger charge is 2.28. The molecule has 3 aromatic rings. The number of carbonyl (C=O) groups is 1. The zero-order valence-electron chi connectivity index (χ0n) is 16.4. The molecule has 0 aliphatic heterocycles. The van der Waals surface area contributed by atoms with Gasteiger partial charge in [0.25, 0.3) is 15.9 Å². The number of anilines is 1. The molecule has 0 atom stereocenters. The van der Waals surface area contributed by atoms with Gasteiger partial charge in [-0.1, -0.05) is 41.9 Å². The van der Waals surface area contributed by atoms with Gasteiger partial charge < -0.3 is 0 Å². The Balaban J connectivity index is 1.93. The Hall–Kier alpha value is -2.68. The molecular weight excluding hydrogens is 442 g/mol. The van der Waals surface area contributed by atoms with Gasteiger partial charge in [-0.25, -0.2) is 13.8 Å². The number of rotatable bonds is 7. The molecule has 2 aromatic carbocycles. The number of halogens is 1. The SMILES string of the molecule is C/C(=N/NC(=O)CN(c1cc(Cl)ccc1C)S(=O)(=O)c1ccccc1)c1cccs1. The lowest BCUT2D eigenvalue weighted by Gasteiger charge is -2.25. The minimum Gasteiger partial charge on any atom is -0.271 e. The smallest absolute Gasteiger partial charge is 0.264 e. The van der Waals surface area contributed by atoms with Gasteiger partial charge in [-0.2, -0.15) is 5.10 Å². The molecule has 0 saturated heterocycles. The Bertz CT molecular complexity index is 1160. The fraction of sp³-hybridized carbons (Fsp3) is 0.143. The summed E-state index contributed by atoms with van der Waals surface area (Å²) in [5, 5.41) is 6.37. The molecule has 0 aliphatic carbocycles. The average Bonchev–Trinajstić information content (AvgIpc) is 3.28. The van der Waals surface area contributed by atoms with Gasteiger partial charge in [0.2, 0.25) is 0 Å². The first-order valence-corrected chi connectivity index (χ1v) is 11.7. The quantitative estimate of drug-likeness (QED) is 0.417. The average molecular weight is 462 g/mol. The van der Waals surface area contributed by atoms with Gasteiger partial charge in [0.05, 0.1) is 16.3 Å². The third-order valence-electron chi connectivity index (χ3n) is 4.28. The second-order valence-electron chi connectivity index (χ2n) is 6.47. The van der Waals surface area contributed by atoms with Crippen LogP contribution in [0, 0.1) is 6.92 Å². The van der Waals surface area contributed by atoms with Gasteiger partial charge in [0, 0.05) is 9.90 Å². The number of hydrogen-bond acceptors (Lipinski definition) is 5. The van der Waals surface area contributed by atoms with E-state index < -0.39 is 22.5 Å². The highest BCUT2D eigenvalue weighted by molar-refractivity contribution is 7.92. The van der Waals surface area contributed by atoms with Gasteiger partial charge >= 0.3 is 0 Å². The van der Waals surface area contributed by atoms with E-state index in [-0.39, 0.29) is 4.90 Å². The number of nitrogens with one attached hydrogen (secondary N) is 1. The topological polar surface area (TPSA) is 78.8 Å². The van der Waals surface area contributed by atoms with Gasteiger partial charge in [-0.3, -0.25) is 9.10 Å². The predicted molar refractivity (Wildman–Crippen MR) is 122 cm³/mol. The third kappa shape index (κ3) is 5.08. The molecule has 1 heterocycles. The summed E-state index contributed by atoms with van der Waals surface area (Å²) in [6.07, 6.45) is 0. The number of thiophene rings is 1. The van der Waals surface area contributed by atoms with Crippen molar-refractivity contribution in [3.63, 3.8) is 0 Å². The second-order valence-corrected chi connectivity index (χ2v) is 9.71. The number of hydrazone groups is 1. The van der Waals surface area contributed by atoms with E-state index in [2.05, 4.69) is 10.5 Å². The van der Waals surface area contributed by atoms with Crippen LogP contribution in [0.1, 0.15) is 17.4 Å². The second kappa shape index (κ2) is 9.42. The molecular formula is C21H20ClN3O3S2. The van der Waals surface area contributed by atoms with Crippen LogP contribution in [0.2, 0.25) is 5.02 Å². The van der Waals surface area contributed by atoms with E-state index in [0.717, 1.165) is 9.18 Å². The molecule has 0 bridgehead atoms. The first-order chi connectivity index (χ1) is 14.3. The van der Waals surface area contributed by atoms with Crippen LogP contribution in [0.5, 0.6) is 0 Å². The van der Waals surface area contributed by atoms with Crippen molar-refractivity contribution in [1.82, 2.24) is 5.43 Å². The van der Waals surface area contributed by atoms with Crippen LogP contribution in [0.4, 0.5) is 5.69 Å². The van der Waals surface area contributed by atoms with Crippen molar-refractivity contribution in [2.24, 2.45) is 5.10 Å². The molecule has 9 heteroatoms. The molecule has 1 amide bonds. The maximum absolute atomic E-state index is 13.3. The molecule has 0 radical (unpaired) electrons. The van der Waals surface area contributed by atoms with Crippen LogP contribution in [0.25, 0.3) is 0 Å². The van der Waals surface area contributed by atoms with Crippen molar-refractivity contribution in [3.8, 4) is 0 Å². The molecule has 0 fully saturated rings. The fourth-order valence-corrected chi connectivity index (χ4v) is 5.06. The fourth-order valence-electron chi connectivity index (χ4n) is 2.72. The van der Waals surface area contributed by atoms with E-state index in [1.807, 2.05) is 17.5 Å². The number of benzene rings is 2. The Labute approximate surface area is 184 Å². The zero-order chi connectivity index (χ0) is 21.7. The highest BCUT2D eigenvalue weighted by atomic mass is 35.5. The molecule has 0 aliphatic rings. The van der Waals surface area contributed by atoms with Crippen LogP contribution in [-0.4, -0.2) is 26.6 Å². The normalized spacial score (nSPS) is 11.9. The zero-order valence-corrected chi connectivity index (χ0v) is 18.8. The van der Waals surface area contributed by atoms with Crippen molar-refractivity contribution in [1.29, 1.82) is 0 Å². The van der Waals surface area contributed by atoms with E-state index in [9.17, 15) is 13.2 Å². The van der Waals surface area contributed by atoms with Crippen LogP contribution in [0.15, 0.2) is 76.0 Å². The Morgan fingerprint density at radius 3 is 2.53 bits per heavy atom. The summed E-state index contributed by atoms with van der Waals surface area (Å²) >= 11 is 7.61. The van der Waals surface area contributed by atoms with Gasteiger partial charge in [0.15, 0.2) is 0 Å². The summed E-state index contributed by atoms with van der Waals surface area (Å²) in [5.74, 6) is -0.565. The molecule has 0 unspecified atom stereocenters. The van der Waals surface area contributed by atoms with Crippen LogP contribution < -0.4 is 9.73 Å². The minimum absolute atomic E-state index is 0.0791. The summed E-state index contributed by atoms with van der Waals surface area (Å²) in [6, 6.07) is 16.6. The lowest BCUT2D eigenvalue weighted by atomic mass is 10.2. The Morgan fingerprint density at radius 2 is 1.87 bits per heavy atom. The Kier molecular flexibility index (Phi) is 6.91. The summed E-state index contributed by atoms with van der Waals surface area (Å²) < 4.78 is 27.7. The summed E-state index contributed by atoms with van der Waals surface area (Å²) in [5.41, 5.74) is 4.08. The van der Waals surface area contributed by atoms with Crippen molar-refractivity contribution in [2.45, 2.75) is 18.7 Å². The number of nitrogens with zero attached hydrogens (tertiary/aromatic N) is 2. The molecule has 3 rings (SSSR count). The molecule has 0 saturated carbocycles. The summed E-state index contributed by atoms with van der Waals surface area (Å²) in [7, 11) is -4.00. The maximum Gasteiger partial charge on any atom is 0.264 e. The lowest BCUT2D eigenvalue weighted by molar-refractivity contribution is -0.119. The van der Waals surface area contributed by atoms with Gasteiger partial charge in [0.1, 0.15) is 6.54 Å². The highest BCUT2D eigenvalue weighted by Crippen LogP contribution is 2.29. The number of hydrogen-bond donors (Lipinski definition) is 1. The van der Waals surface area contributed by atoms with E-state index in [1.54, 1.807) is 44.2 Å². The predicted octanol–water partition coefficient (Wildman–Crippen LogP) is 4.45. The third-order valence-corrected chi connectivity index (χ3v) is 7.27. The summed E-state index contributed by atoms with van der Waals surface area (Å²) in [4.78, 5) is 13.6.